The number of carbonyl (C=O) groups is 2. The Labute approximate surface area is 58.2 Å². The van der Waals surface area contributed by atoms with Gasteiger partial charge in [0, 0.05) is 4.53 Å². The molecular formula is C3H4F3NO4. The Hall–Kier alpha value is -1.31. The Kier molecular flexibility index (Phi) is 4.23. The molecule has 0 radical (unpaired) electrons. The molecule has 0 aliphatic rings. The molecule has 0 aromatic carbocycles. The zero-order valence-corrected chi connectivity index (χ0v) is 5.01. The zero-order chi connectivity index (χ0) is 8.36. The van der Waals surface area contributed by atoms with Crippen molar-refractivity contribution < 1.29 is 32.9 Å². The van der Waals surface area contributed by atoms with Crippen molar-refractivity contribution in [1.29, 1.82) is 0 Å². The molecule has 0 aromatic rings. The summed E-state index contributed by atoms with van der Waals surface area (Å²) in [5.41, 5.74) is 0. The molecule has 0 saturated heterocycles. The van der Waals surface area contributed by atoms with Crippen LogP contribution in [0.2, 0.25) is 0 Å². The number of carbonyl (C=O) groups excluding carboxylic acids is 1. The highest BCUT2D eigenvalue weighted by atomic mass is 19.3. The Morgan fingerprint density at radius 1 is 1.36 bits per heavy atom. The van der Waals surface area contributed by atoms with Crippen molar-refractivity contribution in [3.8, 4) is 0 Å². The molecule has 11 heavy (non-hydrogen) atoms. The standard InChI is InChI=1S/C3HF3O4.H3N/c4-3(5,1(7)8)2(9)10-6;/h(H,7,8);1H3. The first-order valence-corrected chi connectivity index (χ1v) is 1.87. The van der Waals surface area contributed by atoms with Crippen LogP contribution in [0.25, 0.3) is 0 Å². The Bertz CT molecular complexity index is 170. The number of rotatable bonds is 2. The second kappa shape index (κ2) is 3.76. The first-order valence-electron chi connectivity index (χ1n) is 1.87. The van der Waals surface area contributed by atoms with Crippen LogP contribution in [0.3, 0.4) is 0 Å². The molecule has 0 unspecified atom stereocenters. The van der Waals surface area contributed by atoms with E-state index in [-0.39, 0.29) is 6.15 Å². The van der Waals surface area contributed by atoms with Gasteiger partial charge in [0.25, 0.3) is 0 Å². The number of carboxylic acids is 1. The fraction of sp³-hybridized carbons (Fsp3) is 0.333. The minimum Gasteiger partial charge on any atom is -0.476 e. The van der Waals surface area contributed by atoms with Gasteiger partial charge in [0.1, 0.15) is 0 Å². The van der Waals surface area contributed by atoms with Gasteiger partial charge in [-0.3, -0.25) is 0 Å². The van der Waals surface area contributed by atoms with E-state index in [9.17, 15) is 22.9 Å². The van der Waals surface area contributed by atoms with Gasteiger partial charge in [0.2, 0.25) is 0 Å². The van der Waals surface area contributed by atoms with Gasteiger partial charge in [-0.15, -0.1) is 0 Å². The average Bonchev–Trinajstić information content (AvgIpc) is 1.86. The highest BCUT2D eigenvalue weighted by molar-refractivity contribution is 6.00. The zero-order valence-electron chi connectivity index (χ0n) is 5.01. The maximum absolute atomic E-state index is 11.6. The molecule has 0 atom stereocenters. The van der Waals surface area contributed by atoms with Crippen LogP contribution in [-0.4, -0.2) is 23.0 Å². The Balaban J connectivity index is 0. The lowest BCUT2D eigenvalue weighted by Gasteiger charge is -2.03. The lowest BCUT2D eigenvalue weighted by Crippen LogP contribution is -2.37. The predicted molar refractivity (Wildman–Crippen MR) is 24.8 cm³/mol. The van der Waals surface area contributed by atoms with Gasteiger partial charge in [0.05, 0.1) is 0 Å². The first-order chi connectivity index (χ1) is 4.42. The molecule has 8 heteroatoms. The van der Waals surface area contributed by atoms with E-state index >= 15 is 0 Å². The summed E-state index contributed by atoms with van der Waals surface area (Å²) in [5.74, 6) is -10.3. The highest BCUT2D eigenvalue weighted by Gasteiger charge is 2.50. The average molecular weight is 175 g/mol. The van der Waals surface area contributed by atoms with Crippen molar-refractivity contribution in [1.82, 2.24) is 6.15 Å². The van der Waals surface area contributed by atoms with Crippen LogP contribution in [0.15, 0.2) is 0 Å². The van der Waals surface area contributed by atoms with Gasteiger partial charge in [-0.05, 0) is 0 Å². The molecule has 0 bridgehead atoms. The third-order valence-corrected chi connectivity index (χ3v) is 0.595. The predicted octanol–water partition coefficient (Wildman–Crippen LogP) is 0.296. The Morgan fingerprint density at radius 2 is 1.73 bits per heavy atom. The van der Waals surface area contributed by atoms with Crippen LogP contribution in [0.4, 0.5) is 13.3 Å². The number of carboxylic acid groups (broad SMARTS) is 1. The molecular weight excluding hydrogens is 171 g/mol. The van der Waals surface area contributed by atoms with Crippen molar-refractivity contribution in [3.05, 3.63) is 0 Å². The van der Waals surface area contributed by atoms with Crippen LogP contribution in [0.5, 0.6) is 0 Å². The van der Waals surface area contributed by atoms with Gasteiger partial charge < -0.3 is 11.3 Å². The second-order valence-corrected chi connectivity index (χ2v) is 1.24. The normalized spacial score (nSPS) is 9.73. The SMILES string of the molecule is N.O=C(O)C(F)(F)C(=O)OF. The molecule has 0 heterocycles. The summed E-state index contributed by atoms with van der Waals surface area (Å²) in [6.45, 7) is 0. The maximum atomic E-state index is 11.6. The molecule has 5 nitrogen and oxygen atoms in total. The summed E-state index contributed by atoms with van der Waals surface area (Å²) in [6.07, 6.45) is 0. The largest absolute Gasteiger partial charge is 0.476 e. The number of halogens is 3. The summed E-state index contributed by atoms with van der Waals surface area (Å²) < 4.78 is 33.9. The summed E-state index contributed by atoms with van der Waals surface area (Å²) in [6, 6.07) is 0. The molecule has 0 spiro atoms. The number of hydrogen-bond donors (Lipinski definition) is 2. The van der Waals surface area contributed by atoms with E-state index in [1.165, 1.54) is 0 Å². The molecule has 0 fully saturated rings. The molecule has 66 valence electrons. The topological polar surface area (TPSA) is 98.6 Å². The van der Waals surface area contributed by atoms with Gasteiger partial charge in [-0.1, -0.05) is 0 Å². The van der Waals surface area contributed by atoms with E-state index in [0.717, 1.165) is 0 Å². The monoisotopic (exact) mass is 175 g/mol. The molecule has 0 rings (SSSR count). The van der Waals surface area contributed by atoms with Gasteiger partial charge in [0.15, 0.2) is 0 Å². The van der Waals surface area contributed by atoms with Gasteiger partial charge in [-0.2, -0.15) is 8.78 Å². The number of alkyl halides is 2. The Morgan fingerprint density at radius 3 is 1.82 bits per heavy atom. The van der Waals surface area contributed by atoms with E-state index in [1.807, 2.05) is 4.94 Å². The summed E-state index contributed by atoms with van der Waals surface area (Å²) in [5, 5.41) is 7.53. The summed E-state index contributed by atoms with van der Waals surface area (Å²) in [7, 11) is 0. The third kappa shape index (κ3) is 2.42. The van der Waals surface area contributed by atoms with Crippen LogP contribution in [-0.2, 0) is 14.5 Å². The lowest BCUT2D eigenvalue weighted by atomic mass is 10.3. The van der Waals surface area contributed by atoms with E-state index in [2.05, 4.69) is 0 Å². The van der Waals surface area contributed by atoms with Gasteiger partial charge in [-0.25, -0.2) is 14.5 Å². The van der Waals surface area contributed by atoms with Crippen molar-refractivity contribution in [3.63, 3.8) is 0 Å². The van der Waals surface area contributed by atoms with E-state index in [0.29, 0.717) is 0 Å². The van der Waals surface area contributed by atoms with Gasteiger partial charge >= 0.3 is 17.9 Å². The van der Waals surface area contributed by atoms with Crippen LogP contribution < -0.4 is 6.15 Å². The molecule has 0 aliphatic carbocycles. The first kappa shape index (κ1) is 12.4. The number of hydrogen-bond acceptors (Lipinski definition) is 4. The van der Waals surface area contributed by atoms with Crippen molar-refractivity contribution in [2.45, 2.75) is 5.92 Å². The summed E-state index contributed by atoms with van der Waals surface area (Å²) >= 11 is 0. The smallest absolute Gasteiger partial charge is 0.440 e. The molecule has 4 N–H and O–H groups in total. The summed E-state index contributed by atoms with van der Waals surface area (Å²) in [4.78, 5) is 21.0. The van der Waals surface area contributed by atoms with Crippen molar-refractivity contribution in [2.75, 3.05) is 0 Å². The van der Waals surface area contributed by atoms with E-state index in [4.69, 9.17) is 5.11 Å². The van der Waals surface area contributed by atoms with Crippen LogP contribution in [0.1, 0.15) is 0 Å². The maximum Gasteiger partial charge on any atom is 0.440 e. The van der Waals surface area contributed by atoms with Crippen molar-refractivity contribution in [2.24, 2.45) is 0 Å². The highest BCUT2D eigenvalue weighted by Crippen LogP contribution is 2.15. The lowest BCUT2D eigenvalue weighted by molar-refractivity contribution is -0.216. The fourth-order valence-corrected chi connectivity index (χ4v) is 0.136. The van der Waals surface area contributed by atoms with E-state index < -0.39 is 17.9 Å². The molecule has 0 aliphatic heterocycles. The van der Waals surface area contributed by atoms with Crippen molar-refractivity contribution >= 4 is 11.9 Å². The van der Waals surface area contributed by atoms with Crippen LogP contribution in [0, 0.1) is 0 Å². The quantitative estimate of drug-likeness (QED) is 0.588. The minimum atomic E-state index is -4.81. The molecule has 0 amide bonds. The third-order valence-electron chi connectivity index (χ3n) is 0.595. The molecule has 0 aromatic heterocycles. The minimum absolute atomic E-state index is 0. The fourth-order valence-electron chi connectivity index (χ4n) is 0.136. The molecule has 0 saturated carbocycles. The van der Waals surface area contributed by atoms with Crippen LogP contribution >= 0.6 is 0 Å². The number of aliphatic carboxylic acids is 1. The second-order valence-electron chi connectivity index (χ2n) is 1.24. The van der Waals surface area contributed by atoms with E-state index in [1.54, 1.807) is 0 Å².